The van der Waals surface area contributed by atoms with Crippen LogP contribution in [-0.2, 0) is 20.0 Å². The number of rotatable bonds is 4. The van der Waals surface area contributed by atoms with E-state index in [9.17, 15) is 0 Å². The van der Waals surface area contributed by atoms with Gasteiger partial charge >= 0.3 is 0 Å². The summed E-state index contributed by atoms with van der Waals surface area (Å²) in [6, 6.07) is 0. The van der Waals surface area contributed by atoms with Gasteiger partial charge in [0.25, 0.3) is 0 Å². The first kappa shape index (κ1) is 10.3. The molecule has 0 aliphatic heterocycles. The fourth-order valence-electron chi connectivity index (χ4n) is 1.59. The molecular weight excluding hydrogens is 162 g/mol. The molecule has 0 saturated carbocycles. The largest absolute Gasteiger partial charge is 0.334 e. The molecule has 1 heterocycles. The Morgan fingerprint density at radius 1 is 1.46 bits per heavy atom. The molecule has 0 aliphatic rings. The van der Waals surface area contributed by atoms with Crippen LogP contribution in [0.1, 0.15) is 30.6 Å². The van der Waals surface area contributed by atoms with E-state index in [1.807, 2.05) is 7.05 Å². The predicted molar refractivity (Wildman–Crippen MR) is 54.7 cm³/mol. The van der Waals surface area contributed by atoms with Gasteiger partial charge in [-0.25, -0.2) is 4.98 Å². The average molecular weight is 181 g/mol. The van der Waals surface area contributed by atoms with E-state index in [4.69, 9.17) is 0 Å². The van der Waals surface area contributed by atoms with Crippen molar-refractivity contribution in [2.24, 2.45) is 7.05 Å². The van der Waals surface area contributed by atoms with E-state index in [-0.39, 0.29) is 0 Å². The van der Waals surface area contributed by atoms with Crippen LogP contribution in [0.2, 0.25) is 0 Å². The summed E-state index contributed by atoms with van der Waals surface area (Å²) in [6.07, 6.45) is 2.23. The monoisotopic (exact) mass is 181 g/mol. The number of hydrogen-bond acceptors (Lipinski definition) is 2. The predicted octanol–water partition coefficient (Wildman–Crippen LogP) is 1.40. The van der Waals surface area contributed by atoms with Crippen LogP contribution >= 0.6 is 0 Å². The second-order valence-corrected chi connectivity index (χ2v) is 3.40. The molecule has 0 fully saturated rings. The quantitative estimate of drug-likeness (QED) is 0.761. The molecule has 13 heavy (non-hydrogen) atoms. The van der Waals surface area contributed by atoms with Gasteiger partial charge in [0.2, 0.25) is 0 Å². The van der Waals surface area contributed by atoms with E-state index < -0.39 is 0 Å². The fourth-order valence-corrected chi connectivity index (χ4v) is 1.59. The molecule has 74 valence electrons. The molecular formula is C10H19N3. The molecule has 1 aromatic rings. The van der Waals surface area contributed by atoms with Crippen LogP contribution in [0.5, 0.6) is 0 Å². The SMILES string of the molecule is CCCc1nc(C)c(CNC)n1C. The van der Waals surface area contributed by atoms with Crippen molar-refractivity contribution in [3.8, 4) is 0 Å². The molecule has 0 aliphatic carbocycles. The summed E-state index contributed by atoms with van der Waals surface area (Å²) in [5.74, 6) is 1.20. The van der Waals surface area contributed by atoms with Gasteiger partial charge in [-0.15, -0.1) is 0 Å². The maximum atomic E-state index is 4.54. The van der Waals surface area contributed by atoms with E-state index in [0.717, 1.165) is 25.1 Å². The zero-order chi connectivity index (χ0) is 9.84. The van der Waals surface area contributed by atoms with E-state index >= 15 is 0 Å². The Morgan fingerprint density at radius 3 is 2.69 bits per heavy atom. The van der Waals surface area contributed by atoms with Crippen LogP contribution in [0.25, 0.3) is 0 Å². The third kappa shape index (κ3) is 2.10. The van der Waals surface area contributed by atoms with Gasteiger partial charge in [-0.3, -0.25) is 0 Å². The molecule has 3 heteroatoms. The van der Waals surface area contributed by atoms with E-state index in [1.54, 1.807) is 0 Å². The number of hydrogen-bond donors (Lipinski definition) is 1. The van der Waals surface area contributed by atoms with Crippen molar-refractivity contribution in [2.75, 3.05) is 7.05 Å². The van der Waals surface area contributed by atoms with Gasteiger partial charge in [0.15, 0.2) is 0 Å². The van der Waals surface area contributed by atoms with Crippen LogP contribution in [0.3, 0.4) is 0 Å². The third-order valence-corrected chi connectivity index (χ3v) is 2.32. The molecule has 0 radical (unpaired) electrons. The Bertz CT molecular complexity index is 276. The molecule has 0 unspecified atom stereocenters. The lowest BCUT2D eigenvalue weighted by Crippen LogP contribution is -2.11. The fraction of sp³-hybridized carbons (Fsp3) is 0.700. The van der Waals surface area contributed by atoms with Crippen molar-refractivity contribution in [1.82, 2.24) is 14.9 Å². The van der Waals surface area contributed by atoms with E-state index in [2.05, 4.69) is 35.8 Å². The van der Waals surface area contributed by atoms with E-state index in [0.29, 0.717) is 0 Å². The van der Waals surface area contributed by atoms with Gasteiger partial charge in [-0.05, 0) is 20.4 Å². The Balaban J connectivity index is 2.92. The summed E-state index contributed by atoms with van der Waals surface area (Å²) in [5.41, 5.74) is 2.45. The Labute approximate surface area is 80.2 Å². The summed E-state index contributed by atoms with van der Waals surface area (Å²) in [4.78, 5) is 4.54. The molecule has 0 spiro atoms. The third-order valence-electron chi connectivity index (χ3n) is 2.32. The minimum absolute atomic E-state index is 0.902. The highest BCUT2D eigenvalue weighted by Crippen LogP contribution is 2.10. The summed E-state index contributed by atoms with van der Waals surface area (Å²) in [5, 5.41) is 3.16. The number of aromatic nitrogens is 2. The Hall–Kier alpha value is -0.830. The van der Waals surface area contributed by atoms with Crippen LogP contribution in [0, 0.1) is 6.92 Å². The highest BCUT2D eigenvalue weighted by Gasteiger charge is 2.08. The Morgan fingerprint density at radius 2 is 2.15 bits per heavy atom. The molecule has 1 aromatic heterocycles. The molecule has 0 bridgehead atoms. The summed E-state index contributed by atoms with van der Waals surface area (Å²) < 4.78 is 2.20. The topological polar surface area (TPSA) is 29.9 Å². The zero-order valence-corrected chi connectivity index (χ0v) is 9.02. The zero-order valence-electron chi connectivity index (χ0n) is 9.02. The number of nitrogens with one attached hydrogen (secondary N) is 1. The van der Waals surface area contributed by atoms with Gasteiger partial charge < -0.3 is 9.88 Å². The van der Waals surface area contributed by atoms with Gasteiger partial charge in [0, 0.05) is 20.0 Å². The van der Waals surface area contributed by atoms with Crippen LogP contribution in [0.15, 0.2) is 0 Å². The summed E-state index contributed by atoms with van der Waals surface area (Å²) in [6.45, 7) is 5.16. The molecule has 3 nitrogen and oxygen atoms in total. The van der Waals surface area contributed by atoms with Crippen LogP contribution < -0.4 is 5.32 Å². The standard InChI is InChI=1S/C10H19N3/c1-5-6-10-12-8(2)9(7-11-3)13(10)4/h11H,5-7H2,1-4H3. The smallest absolute Gasteiger partial charge is 0.108 e. The number of aryl methyl sites for hydroxylation is 2. The minimum Gasteiger partial charge on any atom is -0.334 e. The van der Waals surface area contributed by atoms with Crippen molar-refractivity contribution in [3.63, 3.8) is 0 Å². The molecule has 1 N–H and O–H groups in total. The second-order valence-electron chi connectivity index (χ2n) is 3.40. The van der Waals surface area contributed by atoms with Crippen LogP contribution in [0.4, 0.5) is 0 Å². The lowest BCUT2D eigenvalue weighted by Gasteiger charge is -2.04. The molecule has 0 amide bonds. The normalized spacial score (nSPS) is 10.8. The maximum absolute atomic E-state index is 4.54. The number of nitrogens with zero attached hydrogens (tertiary/aromatic N) is 2. The van der Waals surface area contributed by atoms with Crippen molar-refractivity contribution in [3.05, 3.63) is 17.2 Å². The van der Waals surface area contributed by atoms with Crippen molar-refractivity contribution < 1.29 is 0 Å². The van der Waals surface area contributed by atoms with Crippen molar-refractivity contribution >= 4 is 0 Å². The number of imidazole rings is 1. The first-order valence-corrected chi connectivity index (χ1v) is 4.86. The van der Waals surface area contributed by atoms with Crippen LogP contribution in [-0.4, -0.2) is 16.6 Å². The highest BCUT2D eigenvalue weighted by molar-refractivity contribution is 5.15. The molecule has 1 rings (SSSR count). The molecule has 0 saturated heterocycles. The first-order valence-electron chi connectivity index (χ1n) is 4.86. The summed E-state index contributed by atoms with van der Waals surface area (Å²) in [7, 11) is 4.06. The summed E-state index contributed by atoms with van der Waals surface area (Å²) >= 11 is 0. The van der Waals surface area contributed by atoms with Crippen molar-refractivity contribution in [2.45, 2.75) is 33.2 Å². The molecule has 0 aromatic carbocycles. The van der Waals surface area contributed by atoms with Gasteiger partial charge in [0.05, 0.1) is 11.4 Å². The van der Waals surface area contributed by atoms with Gasteiger partial charge in [-0.1, -0.05) is 6.92 Å². The average Bonchev–Trinajstić information content (AvgIpc) is 2.34. The minimum atomic E-state index is 0.902. The highest BCUT2D eigenvalue weighted by atomic mass is 15.1. The lowest BCUT2D eigenvalue weighted by atomic mass is 10.3. The van der Waals surface area contributed by atoms with E-state index in [1.165, 1.54) is 11.5 Å². The first-order chi connectivity index (χ1) is 6.20. The molecule has 0 atom stereocenters. The maximum Gasteiger partial charge on any atom is 0.108 e. The van der Waals surface area contributed by atoms with Gasteiger partial charge in [0.1, 0.15) is 5.82 Å². The van der Waals surface area contributed by atoms with Crippen molar-refractivity contribution in [1.29, 1.82) is 0 Å². The second kappa shape index (κ2) is 4.42. The van der Waals surface area contributed by atoms with Gasteiger partial charge in [-0.2, -0.15) is 0 Å². The Kier molecular flexibility index (Phi) is 3.48. The lowest BCUT2D eigenvalue weighted by molar-refractivity contribution is 0.691.